The van der Waals surface area contributed by atoms with E-state index in [1.54, 1.807) is 23.1 Å². The summed E-state index contributed by atoms with van der Waals surface area (Å²) >= 11 is 12.0. The zero-order valence-electron chi connectivity index (χ0n) is 13.9. The lowest BCUT2D eigenvalue weighted by atomic mass is 10.1. The van der Waals surface area contributed by atoms with Crippen molar-refractivity contribution in [3.05, 3.63) is 45.5 Å². The first-order valence-electron chi connectivity index (χ1n) is 8.48. The number of benzene rings is 1. The van der Waals surface area contributed by atoms with E-state index >= 15 is 0 Å². The minimum absolute atomic E-state index is 0.0987. The van der Waals surface area contributed by atoms with Crippen LogP contribution in [0, 0.1) is 0 Å². The van der Waals surface area contributed by atoms with Crippen LogP contribution in [0.4, 0.5) is 0 Å². The van der Waals surface area contributed by atoms with E-state index in [0.717, 1.165) is 25.9 Å². The van der Waals surface area contributed by atoms with Crippen LogP contribution in [0.2, 0.25) is 10.0 Å². The fourth-order valence-electron chi connectivity index (χ4n) is 3.27. The van der Waals surface area contributed by atoms with Crippen LogP contribution < -0.4 is 10.6 Å². The number of nitrogens with zero attached hydrogens (tertiary/aromatic N) is 1. The predicted molar refractivity (Wildman–Crippen MR) is 99.1 cm³/mol. The fourth-order valence-corrected chi connectivity index (χ4v) is 3.80. The van der Waals surface area contributed by atoms with Crippen molar-refractivity contribution in [3.8, 4) is 0 Å². The molecule has 1 fully saturated rings. The van der Waals surface area contributed by atoms with Gasteiger partial charge in [-0.1, -0.05) is 34.9 Å². The second kappa shape index (κ2) is 8.21. The van der Waals surface area contributed by atoms with Gasteiger partial charge in [0.05, 0.1) is 0 Å². The maximum atomic E-state index is 12.8. The number of carbonyl (C=O) groups excluding carboxylic acids is 2. The molecule has 0 bridgehead atoms. The molecular weight excluding hydrogens is 361 g/mol. The molecule has 1 aromatic rings. The van der Waals surface area contributed by atoms with Crippen LogP contribution in [0.5, 0.6) is 0 Å². The summed E-state index contributed by atoms with van der Waals surface area (Å²) < 4.78 is 0. The molecular formula is C18H21Cl2N3O2. The molecule has 1 aromatic carbocycles. The van der Waals surface area contributed by atoms with Crippen LogP contribution >= 0.6 is 23.2 Å². The normalized spacial score (nSPS) is 20.3. The van der Waals surface area contributed by atoms with Gasteiger partial charge in [0.25, 0.3) is 5.91 Å². The SMILES string of the molecule is O=C(NCC1=CCNCC1)C1CCCN1C(=O)c1cc(Cl)cc(Cl)c1. The highest BCUT2D eigenvalue weighted by molar-refractivity contribution is 6.35. The molecule has 134 valence electrons. The Morgan fingerprint density at radius 1 is 1.24 bits per heavy atom. The number of hydrogen-bond acceptors (Lipinski definition) is 3. The molecule has 0 aliphatic carbocycles. The minimum Gasteiger partial charge on any atom is -0.351 e. The highest BCUT2D eigenvalue weighted by Crippen LogP contribution is 2.24. The molecule has 0 radical (unpaired) electrons. The van der Waals surface area contributed by atoms with Crippen molar-refractivity contribution in [2.75, 3.05) is 26.2 Å². The van der Waals surface area contributed by atoms with E-state index in [9.17, 15) is 9.59 Å². The van der Waals surface area contributed by atoms with Crippen LogP contribution in [-0.2, 0) is 4.79 Å². The second-order valence-corrected chi connectivity index (χ2v) is 7.22. The monoisotopic (exact) mass is 381 g/mol. The number of hydrogen-bond donors (Lipinski definition) is 2. The van der Waals surface area contributed by atoms with Crippen molar-refractivity contribution >= 4 is 35.0 Å². The lowest BCUT2D eigenvalue weighted by Crippen LogP contribution is -2.46. The summed E-state index contributed by atoms with van der Waals surface area (Å²) in [4.78, 5) is 27.0. The molecule has 25 heavy (non-hydrogen) atoms. The smallest absolute Gasteiger partial charge is 0.254 e. The summed E-state index contributed by atoms with van der Waals surface area (Å²) in [6.45, 7) is 2.88. The number of halogens is 2. The van der Waals surface area contributed by atoms with Gasteiger partial charge in [-0.15, -0.1) is 0 Å². The quantitative estimate of drug-likeness (QED) is 0.788. The van der Waals surface area contributed by atoms with E-state index in [0.29, 0.717) is 35.1 Å². The van der Waals surface area contributed by atoms with Crippen LogP contribution in [0.15, 0.2) is 29.8 Å². The average Bonchev–Trinajstić information content (AvgIpc) is 3.09. The molecule has 1 atom stereocenters. The van der Waals surface area contributed by atoms with Crippen LogP contribution in [0.1, 0.15) is 29.6 Å². The summed E-state index contributed by atoms with van der Waals surface area (Å²) in [5, 5.41) is 7.04. The molecule has 0 saturated carbocycles. The number of carbonyl (C=O) groups is 2. The maximum Gasteiger partial charge on any atom is 0.254 e. The summed E-state index contributed by atoms with van der Waals surface area (Å²) in [6.07, 6.45) is 4.53. The average molecular weight is 382 g/mol. The third kappa shape index (κ3) is 4.54. The van der Waals surface area contributed by atoms with Gasteiger partial charge in [-0.05, 0) is 44.0 Å². The Hall–Kier alpha value is -1.56. The van der Waals surface area contributed by atoms with Crippen molar-refractivity contribution in [1.82, 2.24) is 15.5 Å². The standard InChI is InChI=1S/C18H21Cl2N3O2/c19-14-8-13(9-15(20)10-14)18(25)23-7-1-2-16(23)17(24)22-11-12-3-5-21-6-4-12/h3,8-10,16,21H,1-2,4-7,11H2,(H,22,24). The van der Waals surface area contributed by atoms with Crippen molar-refractivity contribution in [2.45, 2.75) is 25.3 Å². The van der Waals surface area contributed by atoms with Gasteiger partial charge in [0.1, 0.15) is 6.04 Å². The van der Waals surface area contributed by atoms with E-state index < -0.39 is 6.04 Å². The van der Waals surface area contributed by atoms with Crippen molar-refractivity contribution < 1.29 is 9.59 Å². The number of likely N-dealkylation sites (tertiary alicyclic amines) is 1. The lowest BCUT2D eigenvalue weighted by Gasteiger charge is -2.25. The van der Waals surface area contributed by atoms with E-state index in [-0.39, 0.29) is 11.8 Å². The molecule has 5 nitrogen and oxygen atoms in total. The van der Waals surface area contributed by atoms with Gasteiger partial charge >= 0.3 is 0 Å². The van der Waals surface area contributed by atoms with Crippen molar-refractivity contribution in [2.24, 2.45) is 0 Å². The van der Waals surface area contributed by atoms with Crippen LogP contribution in [0.25, 0.3) is 0 Å². The van der Waals surface area contributed by atoms with Crippen molar-refractivity contribution in [1.29, 1.82) is 0 Å². The summed E-state index contributed by atoms with van der Waals surface area (Å²) in [6, 6.07) is 4.32. The Balaban J connectivity index is 1.65. The highest BCUT2D eigenvalue weighted by atomic mass is 35.5. The molecule has 2 N–H and O–H groups in total. The molecule has 3 rings (SSSR count). The van der Waals surface area contributed by atoms with Gasteiger partial charge in [0.15, 0.2) is 0 Å². The fraction of sp³-hybridized carbons (Fsp3) is 0.444. The first kappa shape index (κ1) is 18.2. The zero-order valence-corrected chi connectivity index (χ0v) is 15.4. The summed E-state index contributed by atoms with van der Waals surface area (Å²) in [5.41, 5.74) is 1.64. The largest absolute Gasteiger partial charge is 0.351 e. The summed E-state index contributed by atoms with van der Waals surface area (Å²) in [7, 11) is 0. The Morgan fingerprint density at radius 3 is 2.68 bits per heavy atom. The molecule has 2 heterocycles. The lowest BCUT2D eigenvalue weighted by molar-refractivity contribution is -0.124. The van der Waals surface area contributed by atoms with Crippen LogP contribution in [-0.4, -0.2) is 48.9 Å². The predicted octanol–water partition coefficient (Wildman–Crippen LogP) is 2.63. The molecule has 0 aromatic heterocycles. The maximum absolute atomic E-state index is 12.8. The molecule has 1 saturated heterocycles. The van der Waals surface area contributed by atoms with Gasteiger partial charge < -0.3 is 15.5 Å². The Bertz CT molecular complexity index is 685. The Kier molecular flexibility index (Phi) is 5.99. The summed E-state index contributed by atoms with van der Waals surface area (Å²) in [5.74, 6) is -0.304. The molecule has 7 heteroatoms. The zero-order chi connectivity index (χ0) is 17.8. The first-order chi connectivity index (χ1) is 12.0. The van der Waals surface area contributed by atoms with E-state index in [1.165, 1.54) is 5.57 Å². The van der Waals surface area contributed by atoms with Gasteiger partial charge in [0.2, 0.25) is 5.91 Å². The minimum atomic E-state index is -0.437. The number of nitrogens with one attached hydrogen (secondary N) is 2. The topological polar surface area (TPSA) is 61.4 Å². The van der Waals surface area contributed by atoms with Gasteiger partial charge in [0, 0.05) is 35.2 Å². The molecule has 2 amide bonds. The molecule has 0 spiro atoms. The number of rotatable bonds is 4. The van der Waals surface area contributed by atoms with Gasteiger partial charge in [-0.2, -0.15) is 0 Å². The molecule has 2 aliphatic rings. The van der Waals surface area contributed by atoms with Gasteiger partial charge in [-0.3, -0.25) is 9.59 Å². The molecule has 1 unspecified atom stereocenters. The number of amides is 2. The van der Waals surface area contributed by atoms with Crippen molar-refractivity contribution in [3.63, 3.8) is 0 Å². The van der Waals surface area contributed by atoms with Gasteiger partial charge in [-0.25, -0.2) is 0 Å². The van der Waals surface area contributed by atoms with Crippen LogP contribution in [0.3, 0.4) is 0 Å². The second-order valence-electron chi connectivity index (χ2n) is 6.35. The van der Waals surface area contributed by atoms with E-state index in [4.69, 9.17) is 23.2 Å². The highest BCUT2D eigenvalue weighted by Gasteiger charge is 2.34. The Morgan fingerprint density at radius 2 is 2.00 bits per heavy atom. The first-order valence-corrected chi connectivity index (χ1v) is 9.23. The third-order valence-corrected chi connectivity index (χ3v) is 5.01. The Labute approximate surface area is 157 Å². The third-order valence-electron chi connectivity index (χ3n) is 4.57. The molecule has 2 aliphatic heterocycles. The van der Waals surface area contributed by atoms with E-state index in [1.807, 2.05) is 0 Å². The van der Waals surface area contributed by atoms with E-state index in [2.05, 4.69) is 16.7 Å².